The summed E-state index contributed by atoms with van der Waals surface area (Å²) in [6.07, 6.45) is 1.06. The highest BCUT2D eigenvalue weighted by atomic mass is 35.5. The van der Waals surface area contributed by atoms with Crippen LogP contribution >= 0.6 is 11.6 Å². The molecule has 0 spiro atoms. The van der Waals surface area contributed by atoms with Crippen molar-refractivity contribution < 1.29 is 4.74 Å². The summed E-state index contributed by atoms with van der Waals surface area (Å²) in [6, 6.07) is 6.63. The van der Waals surface area contributed by atoms with Crippen molar-refractivity contribution in [2.45, 2.75) is 32.9 Å². The van der Waals surface area contributed by atoms with E-state index in [4.69, 9.17) is 16.3 Å². The molecule has 1 saturated heterocycles. The molecule has 1 N–H and O–H groups in total. The zero-order valence-electron chi connectivity index (χ0n) is 11.8. The number of nitrogens with one attached hydrogen (secondary N) is 1. The molecule has 0 aliphatic carbocycles. The SMILES string of the molecule is CC(C)NCc1cccc(Cl)c1N1CCCOCC1. The third-order valence-corrected chi connectivity index (χ3v) is 3.61. The van der Waals surface area contributed by atoms with Crippen LogP contribution in [0.3, 0.4) is 0 Å². The maximum atomic E-state index is 6.42. The van der Waals surface area contributed by atoms with Crippen LogP contribution in [0, 0.1) is 0 Å². The van der Waals surface area contributed by atoms with Gasteiger partial charge in [-0.1, -0.05) is 37.6 Å². The molecular formula is C15H23ClN2O. The Kier molecular flexibility index (Phi) is 5.49. The second-order valence-electron chi connectivity index (χ2n) is 5.24. The van der Waals surface area contributed by atoms with Gasteiger partial charge in [-0.2, -0.15) is 0 Å². The van der Waals surface area contributed by atoms with Crippen LogP contribution in [-0.2, 0) is 11.3 Å². The Labute approximate surface area is 120 Å². The monoisotopic (exact) mass is 282 g/mol. The minimum absolute atomic E-state index is 0.472. The lowest BCUT2D eigenvalue weighted by Gasteiger charge is -2.26. The summed E-state index contributed by atoms with van der Waals surface area (Å²) in [4.78, 5) is 2.35. The molecule has 1 fully saturated rings. The molecule has 1 aromatic rings. The summed E-state index contributed by atoms with van der Waals surface area (Å²) in [5, 5.41) is 4.31. The molecule has 0 bridgehead atoms. The maximum absolute atomic E-state index is 6.42. The Morgan fingerprint density at radius 2 is 2.16 bits per heavy atom. The Morgan fingerprint density at radius 1 is 1.32 bits per heavy atom. The Balaban J connectivity index is 2.20. The van der Waals surface area contributed by atoms with Gasteiger partial charge in [0.2, 0.25) is 0 Å². The second-order valence-corrected chi connectivity index (χ2v) is 5.64. The van der Waals surface area contributed by atoms with E-state index in [1.807, 2.05) is 12.1 Å². The van der Waals surface area contributed by atoms with Crippen LogP contribution in [0.1, 0.15) is 25.8 Å². The average molecular weight is 283 g/mol. The van der Waals surface area contributed by atoms with Gasteiger partial charge in [0.1, 0.15) is 0 Å². The zero-order chi connectivity index (χ0) is 13.7. The highest BCUT2D eigenvalue weighted by Gasteiger charge is 2.16. The van der Waals surface area contributed by atoms with E-state index in [1.54, 1.807) is 0 Å². The first kappa shape index (κ1) is 14.6. The van der Waals surface area contributed by atoms with Gasteiger partial charge < -0.3 is 15.0 Å². The minimum atomic E-state index is 0.472. The molecule has 0 amide bonds. The lowest BCUT2D eigenvalue weighted by molar-refractivity contribution is 0.152. The van der Waals surface area contributed by atoms with Gasteiger partial charge in [0.25, 0.3) is 0 Å². The van der Waals surface area contributed by atoms with Crippen LogP contribution in [0.25, 0.3) is 0 Å². The summed E-state index contributed by atoms with van der Waals surface area (Å²) in [5.41, 5.74) is 2.44. The number of halogens is 1. The molecule has 1 heterocycles. The van der Waals surface area contributed by atoms with Gasteiger partial charge in [-0.05, 0) is 18.1 Å². The molecular weight excluding hydrogens is 260 g/mol. The van der Waals surface area contributed by atoms with Crippen molar-refractivity contribution in [2.75, 3.05) is 31.2 Å². The van der Waals surface area contributed by atoms with Crippen LogP contribution in [0.2, 0.25) is 5.02 Å². The Hall–Kier alpha value is -0.770. The van der Waals surface area contributed by atoms with Gasteiger partial charge in [0.15, 0.2) is 0 Å². The maximum Gasteiger partial charge on any atom is 0.0642 e. The third kappa shape index (κ3) is 4.10. The zero-order valence-corrected chi connectivity index (χ0v) is 12.5. The minimum Gasteiger partial charge on any atom is -0.380 e. The van der Waals surface area contributed by atoms with Crippen LogP contribution in [-0.4, -0.2) is 32.3 Å². The summed E-state index contributed by atoms with van der Waals surface area (Å²) >= 11 is 6.42. The van der Waals surface area contributed by atoms with Crippen molar-refractivity contribution in [3.63, 3.8) is 0 Å². The molecule has 0 radical (unpaired) electrons. The van der Waals surface area contributed by atoms with E-state index in [-0.39, 0.29) is 0 Å². The Bertz CT molecular complexity index is 401. The molecule has 1 aliphatic heterocycles. The van der Waals surface area contributed by atoms with Crippen molar-refractivity contribution in [3.05, 3.63) is 28.8 Å². The van der Waals surface area contributed by atoms with Gasteiger partial charge in [0, 0.05) is 32.3 Å². The molecule has 4 heteroatoms. The lowest BCUT2D eigenvalue weighted by atomic mass is 10.1. The molecule has 2 rings (SSSR count). The first-order valence-corrected chi connectivity index (χ1v) is 7.39. The smallest absolute Gasteiger partial charge is 0.0642 e. The topological polar surface area (TPSA) is 24.5 Å². The molecule has 0 aromatic heterocycles. The quantitative estimate of drug-likeness (QED) is 0.919. The lowest BCUT2D eigenvalue weighted by Crippen LogP contribution is -2.29. The largest absolute Gasteiger partial charge is 0.380 e. The molecule has 0 unspecified atom stereocenters. The predicted molar refractivity (Wildman–Crippen MR) is 81.1 cm³/mol. The fourth-order valence-electron chi connectivity index (χ4n) is 2.34. The van der Waals surface area contributed by atoms with E-state index < -0.39 is 0 Å². The van der Waals surface area contributed by atoms with Crippen molar-refractivity contribution in [3.8, 4) is 0 Å². The number of nitrogens with zero attached hydrogens (tertiary/aromatic N) is 1. The van der Waals surface area contributed by atoms with E-state index in [9.17, 15) is 0 Å². The third-order valence-electron chi connectivity index (χ3n) is 3.31. The normalized spacial score (nSPS) is 16.7. The second kappa shape index (κ2) is 7.13. The number of benzene rings is 1. The van der Waals surface area contributed by atoms with Gasteiger partial charge in [-0.3, -0.25) is 0 Å². The fourth-order valence-corrected chi connectivity index (χ4v) is 2.65. The van der Waals surface area contributed by atoms with Gasteiger partial charge >= 0.3 is 0 Å². The molecule has 106 valence electrons. The average Bonchev–Trinajstić information content (AvgIpc) is 2.65. The van der Waals surface area contributed by atoms with E-state index in [0.717, 1.165) is 44.3 Å². The highest BCUT2D eigenvalue weighted by molar-refractivity contribution is 6.33. The number of anilines is 1. The van der Waals surface area contributed by atoms with Crippen LogP contribution in [0.5, 0.6) is 0 Å². The van der Waals surface area contributed by atoms with Crippen molar-refractivity contribution >= 4 is 17.3 Å². The molecule has 1 aromatic carbocycles. The predicted octanol–water partition coefficient (Wildman–Crippen LogP) is 3.06. The van der Waals surface area contributed by atoms with Gasteiger partial charge in [-0.15, -0.1) is 0 Å². The highest BCUT2D eigenvalue weighted by Crippen LogP contribution is 2.30. The summed E-state index contributed by atoms with van der Waals surface area (Å²) in [5.74, 6) is 0. The molecule has 1 aliphatic rings. The van der Waals surface area contributed by atoms with E-state index >= 15 is 0 Å². The van der Waals surface area contributed by atoms with Crippen LogP contribution < -0.4 is 10.2 Å². The molecule has 0 saturated carbocycles. The number of ether oxygens (including phenoxy) is 1. The molecule has 3 nitrogen and oxygen atoms in total. The molecule has 0 atom stereocenters. The van der Waals surface area contributed by atoms with E-state index in [0.29, 0.717) is 6.04 Å². The van der Waals surface area contributed by atoms with Crippen LogP contribution in [0.15, 0.2) is 18.2 Å². The number of hydrogen-bond acceptors (Lipinski definition) is 3. The first-order valence-electron chi connectivity index (χ1n) is 7.02. The fraction of sp³-hybridized carbons (Fsp3) is 0.600. The van der Waals surface area contributed by atoms with Crippen molar-refractivity contribution in [1.29, 1.82) is 0 Å². The van der Waals surface area contributed by atoms with E-state index in [1.165, 1.54) is 11.3 Å². The van der Waals surface area contributed by atoms with E-state index in [2.05, 4.69) is 30.1 Å². The number of hydrogen-bond donors (Lipinski definition) is 1. The summed E-state index contributed by atoms with van der Waals surface area (Å²) < 4.78 is 5.52. The first-order chi connectivity index (χ1) is 9.18. The van der Waals surface area contributed by atoms with Crippen molar-refractivity contribution in [2.24, 2.45) is 0 Å². The van der Waals surface area contributed by atoms with Crippen molar-refractivity contribution in [1.82, 2.24) is 5.32 Å². The number of rotatable bonds is 4. The Morgan fingerprint density at radius 3 is 2.95 bits per heavy atom. The summed E-state index contributed by atoms with van der Waals surface area (Å²) in [7, 11) is 0. The summed E-state index contributed by atoms with van der Waals surface area (Å²) in [6.45, 7) is 8.72. The van der Waals surface area contributed by atoms with Gasteiger partial charge in [-0.25, -0.2) is 0 Å². The van der Waals surface area contributed by atoms with Gasteiger partial charge in [0.05, 0.1) is 17.3 Å². The molecule has 19 heavy (non-hydrogen) atoms. The standard InChI is InChI=1S/C15H23ClN2O/c1-12(2)17-11-13-5-3-6-14(16)15(13)18-7-4-9-19-10-8-18/h3,5-6,12,17H,4,7-11H2,1-2H3. The number of para-hydroxylation sites is 1. The van der Waals surface area contributed by atoms with Crippen LogP contribution in [0.4, 0.5) is 5.69 Å².